The van der Waals surface area contributed by atoms with Crippen molar-refractivity contribution in [2.24, 2.45) is 4.99 Å². The summed E-state index contributed by atoms with van der Waals surface area (Å²) >= 11 is 0. The van der Waals surface area contributed by atoms with Crippen molar-refractivity contribution in [1.29, 1.82) is 0 Å². The Morgan fingerprint density at radius 3 is 2.33 bits per heavy atom. The normalized spacial score (nSPS) is 20.3. The molecule has 1 saturated carbocycles. The topological polar surface area (TPSA) is 58.1 Å². The van der Waals surface area contributed by atoms with Crippen molar-refractivity contribution in [3.8, 4) is 0 Å². The summed E-state index contributed by atoms with van der Waals surface area (Å²) in [6.07, 6.45) is 10.4. The molecule has 2 fully saturated rings. The molecule has 6 heteroatoms. The molecule has 27 heavy (non-hydrogen) atoms. The van der Waals surface area contributed by atoms with Gasteiger partial charge in [-0.1, -0.05) is 26.2 Å². The van der Waals surface area contributed by atoms with Gasteiger partial charge in [-0.3, -0.25) is 4.99 Å². The van der Waals surface area contributed by atoms with Crippen LogP contribution in [0, 0.1) is 0 Å². The van der Waals surface area contributed by atoms with Crippen LogP contribution < -0.4 is 10.6 Å². The molecular formula is C21H42N4O2. The second kappa shape index (κ2) is 14.2. The summed E-state index contributed by atoms with van der Waals surface area (Å²) in [6, 6.07) is 1.39. The van der Waals surface area contributed by atoms with E-state index in [0.717, 1.165) is 31.6 Å². The van der Waals surface area contributed by atoms with E-state index in [-0.39, 0.29) is 0 Å². The Labute approximate surface area is 166 Å². The van der Waals surface area contributed by atoms with Gasteiger partial charge < -0.3 is 25.0 Å². The number of piperidine rings is 1. The van der Waals surface area contributed by atoms with Gasteiger partial charge in [0.15, 0.2) is 5.96 Å². The van der Waals surface area contributed by atoms with E-state index in [1.54, 1.807) is 0 Å². The fourth-order valence-electron chi connectivity index (χ4n) is 3.98. The van der Waals surface area contributed by atoms with E-state index < -0.39 is 0 Å². The third kappa shape index (κ3) is 9.26. The van der Waals surface area contributed by atoms with Crippen molar-refractivity contribution in [1.82, 2.24) is 15.5 Å². The number of unbranched alkanes of at least 4 members (excludes halogenated alkanes) is 1. The number of nitrogens with one attached hydrogen (secondary N) is 2. The molecule has 2 N–H and O–H groups in total. The second-order valence-electron chi connectivity index (χ2n) is 7.73. The number of aliphatic imine (C=N–C) groups is 1. The summed E-state index contributed by atoms with van der Waals surface area (Å²) in [5.74, 6) is 0.930. The predicted molar refractivity (Wildman–Crippen MR) is 113 cm³/mol. The zero-order valence-corrected chi connectivity index (χ0v) is 17.7. The van der Waals surface area contributed by atoms with Gasteiger partial charge in [0, 0.05) is 38.3 Å². The lowest BCUT2D eigenvalue weighted by Gasteiger charge is -2.36. The fourth-order valence-corrected chi connectivity index (χ4v) is 3.98. The van der Waals surface area contributed by atoms with Crippen molar-refractivity contribution in [3.05, 3.63) is 0 Å². The van der Waals surface area contributed by atoms with Crippen LogP contribution in [0.5, 0.6) is 0 Å². The second-order valence-corrected chi connectivity index (χ2v) is 7.73. The largest absolute Gasteiger partial charge is 0.379 e. The SMILES string of the molecule is CCCCOCCOCCN=C(NCC)NC1CCN(C2CCCC2)CC1. The van der Waals surface area contributed by atoms with Crippen LogP contribution in [0.15, 0.2) is 4.99 Å². The maximum absolute atomic E-state index is 5.61. The summed E-state index contributed by atoms with van der Waals surface area (Å²) in [4.78, 5) is 7.38. The van der Waals surface area contributed by atoms with E-state index in [9.17, 15) is 0 Å². The highest BCUT2D eigenvalue weighted by atomic mass is 16.5. The highest BCUT2D eigenvalue weighted by Gasteiger charge is 2.27. The quantitative estimate of drug-likeness (QED) is 0.309. The highest BCUT2D eigenvalue weighted by molar-refractivity contribution is 5.80. The molecule has 0 aromatic heterocycles. The molecule has 6 nitrogen and oxygen atoms in total. The standard InChI is InChI=1S/C21H42N4O2/c1-3-5-15-26-17-18-27-16-12-23-21(22-4-2)24-19-10-13-25(14-11-19)20-8-6-7-9-20/h19-20H,3-18H2,1-2H3,(H2,22,23,24). The van der Waals surface area contributed by atoms with Crippen LogP contribution in [0.1, 0.15) is 65.2 Å². The molecule has 0 bridgehead atoms. The third-order valence-corrected chi connectivity index (χ3v) is 5.58. The Kier molecular flexibility index (Phi) is 11.8. The number of likely N-dealkylation sites (tertiary alicyclic amines) is 1. The van der Waals surface area contributed by atoms with Gasteiger partial charge in [0.25, 0.3) is 0 Å². The first-order valence-electron chi connectivity index (χ1n) is 11.3. The number of ether oxygens (including phenoxy) is 2. The van der Waals surface area contributed by atoms with Gasteiger partial charge in [-0.05, 0) is 39.0 Å². The van der Waals surface area contributed by atoms with E-state index in [0.29, 0.717) is 32.4 Å². The van der Waals surface area contributed by atoms with Gasteiger partial charge >= 0.3 is 0 Å². The summed E-state index contributed by atoms with van der Waals surface area (Å²) < 4.78 is 11.1. The van der Waals surface area contributed by atoms with E-state index >= 15 is 0 Å². The number of rotatable bonds is 12. The van der Waals surface area contributed by atoms with Crippen LogP contribution in [0.25, 0.3) is 0 Å². The van der Waals surface area contributed by atoms with Crippen molar-refractivity contribution in [2.45, 2.75) is 77.3 Å². The number of nitrogens with zero attached hydrogens (tertiary/aromatic N) is 2. The van der Waals surface area contributed by atoms with Crippen LogP contribution >= 0.6 is 0 Å². The number of guanidine groups is 1. The minimum atomic E-state index is 0.535. The minimum Gasteiger partial charge on any atom is -0.379 e. The Bertz CT molecular complexity index is 392. The third-order valence-electron chi connectivity index (χ3n) is 5.58. The smallest absolute Gasteiger partial charge is 0.191 e. The summed E-state index contributed by atoms with van der Waals surface area (Å²) in [6.45, 7) is 11.1. The zero-order chi connectivity index (χ0) is 19.2. The lowest BCUT2D eigenvalue weighted by atomic mass is 10.0. The summed E-state index contributed by atoms with van der Waals surface area (Å²) in [7, 11) is 0. The molecule has 1 aliphatic carbocycles. The molecule has 0 unspecified atom stereocenters. The van der Waals surface area contributed by atoms with E-state index in [4.69, 9.17) is 9.47 Å². The first-order valence-corrected chi connectivity index (χ1v) is 11.3. The lowest BCUT2D eigenvalue weighted by Crippen LogP contribution is -2.50. The molecule has 0 atom stereocenters. The van der Waals surface area contributed by atoms with Gasteiger partial charge in [-0.2, -0.15) is 0 Å². The van der Waals surface area contributed by atoms with Crippen molar-refractivity contribution in [2.75, 3.05) is 52.6 Å². The minimum absolute atomic E-state index is 0.535. The molecule has 0 aromatic rings. The molecule has 2 aliphatic rings. The first-order chi connectivity index (χ1) is 13.3. The Morgan fingerprint density at radius 1 is 0.963 bits per heavy atom. The van der Waals surface area contributed by atoms with Gasteiger partial charge in [-0.25, -0.2) is 0 Å². The van der Waals surface area contributed by atoms with Crippen LogP contribution in [0.2, 0.25) is 0 Å². The Balaban J connectivity index is 1.58. The van der Waals surface area contributed by atoms with Crippen molar-refractivity contribution in [3.63, 3.8) is 0 Å². The van der Waals surface area contributed by atoms with E-state index in [1.807, 2.05) is 0 Å². The maximum atomic E-state index is 5.61. The molecule has 2 rings (SSSR count). The Morgan fingerprint density at radius 2 is 1.67 bits per heavy atom. The molecule has 0 amide bonds. The fraction of sp³-hybridized carbons (Fsp3) is 0.952. The first kappa shape index (κ1) is 22.4. The summed E-state index contributed by atoms with van der Waals surface area (Å²) in [5.41, 5.74) is 0. The maximum Gasteiger partial charge on any atom is 0.191 e. The Hall–Kier alpha value is -0.850. The van der Waals surface area contributed by atoms with Gasteiger partial charge in [-0.15, -0.1) is 0 Å². The number of hydrogen-bond acceptors (Lipinski definition) is 4. The molecular weight excluding hydrogens is 340 g/mol. The van der Waals surface area contributed by atoms with Gasteiger partial charge in [0.1, 0.15) is 0 Å². The molecule has 1 heterocycles. The highest BCUT2D eigenvalue weighted by Crippen LogP contribution is 2.26. The molecule has 1 saturated heterocycles. The average Bonchev–Trinajstić information content (AvgIpc) is 3.22. The van der Waals surface area contributed by atoms with Crippen LogP contribution in [-0.2, 0) is 9.47 Å². The molecule has 0 radical (unpaired) electrons. The van der Waals surface area contributed by atoms with Crippen LogP contribution in [-0.4, -0.2) is 75.5 Å². The average molecular weight is 383 g/mol. The number of hydrogen-bond donors (Lipinski definition) is 2. The van der Waals surface area contributed by atoms with E-state index in [2.05, 4.69) is 34.4 Å². The molecule has 0 spiro atoms. The van der Waals surface area contributed by atoms with Gasteiger partial charge in [0.2, 0.25) is 0 Å². The van der Waals surface area contributed by atoms with Crippen LogP contribution in [0.3, 0.4) is 0 Å². The molecule has 158 valence electrons. The summed E-state index contributed by atoms with van der Waals surface area (Å²) in [5, 5.41) is 6.99. The monoisotopic (exact) mass is 382 g/mol. The lowest BCUT2D eigenvalue weighted by molar-refractivity contribution is 0.0497. The predicted octanol–water partition coefficient (Wildman–Crippen LogP) is 2.78. The molecule has 1 aliphatic heterocycles. The van der Waals surface area contributed by atoms with E-state index in [1.165, 1.54) is 58.0 Å². The van der Waals surface area contributed by atoms with Crippen molar-refractivity contribution >= 4 is 5.96 Å². The van der Waals surface area contributed by atoms with Crippen LogP contribution in [0.4, 0.5) is 0 Å². The van der Waals surface area contributed by atoms with Gasteiger partial charge in [0.05, 0.1) is 26.4 Å². The van der Waals surface area contributed by atoms with Crippen molar-refractivity contribution < 1.29 is 9.47 Å². The zero-order valence-electron chi connectivity index (χ0n) is 17.7. The molecule has 0 aromatic carbocycles.